The van der Waals surface area contributed by atoms with Crippen molar-refractivity contribution in [1.82, 2.24) is 0 Å². The van der Waals surface area contributed by atoms with Gasteiger partial charge in [-0.05, 0) is 48.4 Å². The first-order valence-corrected chi connectivity index (χ1v) is 9.60. The van der Waals surface area contributed by atoms with Crippen LogP contribution in [0.15, 0.2) is 51.8 Å². The van der Waals surface area contributed by atoms with Gasteiger partial charge in [0.25, 0.3) is 10.1 Å². The van der Waals surface area contributed by atoms with Crippen molar-refractivity contribution in [2.75, 3.05) is 13.2 Å². The Morgan fingerprint density at radius 3 is 2.62 bits per heavy atom. The molecule has 1 heterocycles. The number of ketones is 1. The first kappa shape index (κ1) is 17.1. The van der Waals surface area contributed by atoms with Crippen LogP contribution in [0.5, 0.6) is 5.75 Å². The summed E-state index contributed by atoms with van der Waals surface area (Å²) in [4.78, 5) is 12.0. The molecule has 3 rings (SSSR count). The number of rotatable bonds is 5. The normalized spacial score (nSPS) is 14.1. The Bertz CT molecular complexity index is 859. The van der Waals surface area contributed by atoms with E-state index in [0.717, 1.165) is 10.0 Å². The molecule has 0 fully saturated rings. The van der Waals surface area contributed by atoms with Gasteiger partial charge in [0.15, 0.2) is 5.78 Å². The second-order valence-electron chi connectivity index (χ2n) is 5.33. The lowest BCUT2D eigenvalue weighted by atomic mass is 10.0. The van der Waals surface area contributed by atoms with Crippen molar-refractivity contribution in [2.45, 2.75) is 17.7 Å². The number of carbonyl (C=O) groups is 1. The highest BCUT2D eigenvalue weighted by molar-refractivity contribution is 9.10. The molecule has 2 aromatic rings. The fourth-order valence-corrected chi connectivity index (χ4v) is 3.58. The summed E-state index contributed by atoms with van der Waals surface area (Å²) in [5.41, 5.74) is 1.38. The summed E-state index contributed by atoms with van der Waals surface area (Å²) < 4.78 is 35.5. The number of halogens is 1. The van der Waals surface area contributed by atoms with Crippen LogP contribution in [0.25, 0.3) is 0 Å². The molecular formula is C17H15BrO5S. The van der Waals surface area contributed by atoms with Crippen molar-refractivity contribution >= 4 is 31.8 Å². The molecule has 2 aromatic carbocycles. The van der Waals surface area contributed by atoms with Crippen LogP contribution >= 0.6 is 15.9 Å². The van der Waals surface area contributed by atoms with E-state index in [1.807, 2.05) is 6.07 Å². The summed E-state index contributed by atoms with van der Waals surface area (Å²) in [5.74, 6) is 0.625. The molecule has 0 N–H and O–H groups in total. The van der Waals surface area contributed by atoms with Gasteiger partial charge < -0.3 is 4.74 Å². The number of Topliss-reactive ketones (excluding diaryl/α,β-unsaturated/α-hetero) is 1. The Labute approximate surface area is 148 Å². The molecule has 0 amide bonds. The first-order valence-electron chi connectivity index (χ1n) is 7.40. The lowest BCUT2D eigenvalue weighted by Gasteiger charge is -2.16. The fourth-order valence-electron chi connectivity index (χ4n) is 2.40. The van der Waals surface area contributed by atoms with Crippen LogP contribution in [-0.2, 0) is 20.7 Å². The van der Waals surface area contributed by atoms with E-state index in [-0.39, 0.29) is 17.3 Å². The van der Waals surface area contributed by atoms with Crippen LogP contribution in [0.1, 0.15) is 22.3 Å². The second kappa shape index (κ2) is 7.04. The predicted octanol–water partition coefficient (Wildman–Crippen LogP) is 3.36. The zero-order valence-electron chi connectivity index (χ0n) is 12.7. The summed E-state index contributed by atoms with van der Waals surface area (Å²) in [7, 11) is -3.79. The van der Waals surface area contributed by atoms with Gasteiger partial charge in [0, 0.05) is 10.9 Å². The van der Waals surface area contributed by atoms with Crippen molar-refractivity contribution < 1.29 is 22.1 Å². The van der Waals surface area contributed by atoms with Crippen LogP contribution < -0.4 is 4.74 Å². The van der Waals surface area contributed by atoms with Gasteiger partial charge in [-0.15, -0.1) is 0 Å². The summed E-state index contributed by atoms with van der Waals surface area (Å²) in [6, 6.07) is 11.5. The van der Waals surface area contributed by atoms with Gasteiger partial charge in [-0.2, -0.15) is 8.42 Å². The van der Waals surface area contributed by atoms with Gasteiger partial charge >= 0.3 is 0 Å². The predicted molar refractivity (Wildman–Crippen MR) is 91.9 cm³/mol. The maximum absolute atomic E-state index is 12.1. The number of benzene rings is 2. The molecule has 5 nitrogen and oxygen atoms in total. The summed E-state index contributed by atoms with van der Waals surface area (Å²) in [6.07, 6.45) is 0.751. The molecule has 0 atom stereocenters. The third-order valence-electron chi connectivity index (χ3n) is 3.66. The summed E-state index contributed by atoms with van der Waals surface area (Å²) in [6.45, 7) is 0.409. The Morgan fingerprint density at radius 2 is 1.88 bits per heavy atom. The first-order chi connectivity index (χ1) is 11.5. The molecule has 7 heteroatoms. The van der Waals surface area contributed by atoms with Crippen LogP contribution in [0.2, 0.25) is 0 Å². The molecule has 24 heavy (non-hydrogen) atoms. The minimum absolute atomic E-state index is 0.00618. The van der Waals surface area contributed by atoms with Gasteiger partial charge in [-0.25, -0.2) is 0 Å². The van der Waals surface area contributed by atoms with E-state index in [0.29, 0.717) is 30.8 Å². The molecule has 0 unspecified atom stereocenters. The highest BCUT2D eigenvalue weighted by Gasteiger charge is 2.19. The number of carbonyl (C=O) groups excluding carboxylic acids is 1. The molecule has 0 aliphatic carbocycles. The maximum atomic E-state index is 12.1. The third-order valence-corrected chi connectivity index (χ3v) is 5.52. The SMILES string of the molecule is O=C1CCOc2ccc(CCOS(=O)(=O)c3ccc(Br)cc3)cc21. The van der Waals surface area contributed by atoms with Crippen molar-refractivity contribution in [1.29, 1.82) is 0 Å². The fraction of sp³-hybridized carbons (Fsp3) is 0.235. The van der Waals surface area contributed by atoms with Crippen molar-refractivity contribution in [3.63, 3.8) is 0 Å². The van der Waals surface area contributed by atoms with E-state index in [1.165, 1.54) is 12.1 Å². The zero-order chi connectivity index (χ0) is 17.2. The molecule has 0 saturated heterocycles. The number of fused-ring (bicyclic) bond motifs is 1. The van der Waals surface area contributed by atoms with E-state index >= 15 is 0 Å². The largest absolute Gasteiger partial charge is 0.492 e. The van der Waals surface area contributed by atoms with E-state index in [9.17, 15) is 13.2 Å². The third kappa shape index (κ3) is 3.85. The van der Waals surface area contributed by atoms with Crippen molar-refractivity contribution in [2.24, 2.45) is 0 Å². The van der Waals surface area contributed by atoms with Crippen LogP contribution in [0.3, 0.4) is 0 Å². The van der Waals surface area contributed by atoms with E-state index in [1.54, 1.807) is 24.3 Å². The van der Waals surface area contributed by atoms with E-state index < -0.39 is 10.1 Å². The Morgan fingerprint density at radius 1 is 1.12 bits per heavy atom. The van der Waals surface area contributed by atoms with Gasteiger partial charge in [-0.3, -0.25) is 8.98 Å². The molecular weight excluding hydrogens is 396 g/mol. The van der Waals surface area contributed by atoms with Crippen LogP contribution in [0, 0.1) is 0 Å². The molecule has 0 radical (unpaired) electrons. The lowest BCUT2D eigenvalue weighted by Crippen LogP contribution is -2.15. The molecule has 0 aromatic heterocycles. The average molecular weight is 411 g/mol. The molecule has 1 aliphatic heterocycles. The monoisotopic (exact) mass is 410 g/mol. The van der Waals surface area contributed by atoms with Gasteiger partial charge in [-0.1, -0.05) is 22.0 Å². The second-order valence-corrected chi connectivity index (χ2v) is 7.86. The quantitative estimate of drug-likeness (QED) is 0.706. The maximum Gasteiger partial charge on any atom is 0.296 e. The van der Waals surface area contributed by atoms with Crippen LogP contribution in [0.4, 0.5) is 0 Å². The van der Waals surface area contributed by atoms with Crippen LogP contribution in [-0.4, -0.2) is 27.4 Å². The molecule has 0 spiro atoms. The average Bonchev–Trinajstić information content (AvgIpc) is 2.56. The van der Waals surface area contributed by atoms with Gasteiger partial charge in [0.2, 0.25) is 0 Å². The lowest BCUT2D eigenvalue weighted by molar-refractivity contribution is 0.0933. The minimum Gasteiger partial charge on any atom is -0.492 e. The highest BCUT2D eigenvalue weighted by atomic mass is 79.9. The standard InChI is InChI=1S/C17H15BrO5S/c18-13-2-4-14(5-3-13)24(20,21)23-10-7-12-1-6-17-15(11-12)16(19)8-9-22-17/h1-6,11H,7-10H2. The smallest absolute Gasteiger partial charge is 0.296 e. The molecule has 1 aliphatic rings. The van der Waals surface area contributed by atoms with Gasteiger partial charge in [0.1, 0.15) is 5.75 Å². The van der Waals surface area contributed by atoms with Gasteiger partial charge in [0.05, 0.1) is 23.7 Å². The summed E-state index contributed by atoms with van der Waals surface area (Å²) >= 11 is 3.26. The van der Waals surface area contributed by atoms with Crippen molar-refractivity contribution in [3.8, 4) is 5.75 Å². The minimum atomic E-state index is -3.79. The number of hydrogen-bond donors (Lipinski definition) is 0. The Balaban J connectivity index is 1.65. The number of ether oxygens (including phenoxy) is 1. The zero-order valence-corrected chi connectivity index (χ0v) is 15.1. The molecule has 0 bridgehead atoms. The number of hydrogen-bond acceptors (Lipinski definition) is 5. The summed E-state index contributed by atoms with van der Waals surface area (Å²) in [5, 5.41) is 0. The Kier molecular flexibility index (Phi) is 5.03. The van der Waals surface area contributed by atoms with E-state index in [2.05, 4.69) is 15.9 Å². The van der Waals surface area contributed by atoms with E-state index in [4.69, 9.17) is 8.92 Å². The topological polar surface area (TPSA) is 69.7 Å². The molecule has 0 saturated carbocycles. The van der Waals surface area contributed by atoms with Crippen molar-refractivity contribution in [3.05, 3.63) is 58.1 Å². The molecule has 126 valence electrons. The highest BCUT2D eigenvalue weighted by Crippen LogP contribution is 2.26. The Hall–Kier alpha value is -1.70.